The third-order valence-corrected chi connectivity index (χ3v) is 6.83. The summed E-state index contributed by atoms with van der Waals surface area (Å²) in [6, 6.07) is 27.6. The van der Waals surface area contributed by atoms with Crippen LogP contribution in [0.4, 0.5) is 20.7 Å². The number of aryl methyl sites for hydroxylation is 1. The normalized spacial score (nSPS) is 13.5. The molecule has 0 bridgehead atoms. The third-order valence-electron chi connectivity index (χ3n) is 6.83. The lowest BCUT2D eigenvalue weighted by molar-refractivity contribution is 0.208. The second kappa shape index (κ2) is 10.5. The number of amides is 2. The number of halogens is 1. The quantitative estimate of drug-likeness (QED) is 0.308. The first kappa shape index (κ1) is 24.5. The molecule has 0 radical (unpaired) electrons. The van der Waals surface area contributed by atoms with Crippen LogP contribution < -0.4 is 10.2 Å². The number of benzene rings is 3. The Morgan fingerprint density at radius 2 is 1.56 bits per heavy atom. The summed E-state index contributed by atoms with van der Waals surface area (Å²) in [7, 11) is 0. The molecule has 0 spiro atoms. The number of piperazine rings is 1. The number of fused-ring (bicyclic) bond motifs is 1. The van der Waals surface area contributed by atoms with Crippen molar-refractivity contribution in [2.24, 2.45) is 0 Å². The van der Waals surface area contributed by atoms with E-state index in [9.17, 15) is 9.18 Å². The fourth-order valence-corrected chi connectivity index (χ4v) is 4.76. The van der Waals surface area contributed by atoms with Gasteiger partial charge in [0.2, 0.25) is 0 Å². The number of nitrogens with zero attached hydrogens (tertiary/aromatic N) is 5. The Morgan fingerprint density at radius 1 is 0.795 bits per heavy atom. The highest BCUT2D eigenvalue weighted by molar-refractivity contribution is 5.91. The van der Waals surface area contributed by atoms with Crippen LogP contribution in [-0.2, 0) is 0 Å². The van der Waals surface area contributed by atoms with Crippen LogP contribution in [0.3, 0.4) is 0 Å². The highest BCUT2D eigenvalue weighted by atomic mass is 19.1. The summed E-state index contributed by atoms with van der Waals surface area (Å²) < 4.78 is 13.5. The molecule has 1 saturated heterocycles. The van der Waals surface area contributed by atoms with Gasteiger partial charge in [0.05, 0.1) is 11.2 Å². The van der Waals surface area contributed by atoms with Gasteiger partial charge in [-0.1, -0.05) is 42.5 Å². The second-order valence-electron chi connectivity index (χ2n) is 9.58. The van der Waals surface area contributed by atoms with Gasteiger partial charge in [0.1, 0.15) is 11.3 Å². The number of rotatable bonds is 4. The molecule has 1 aliphatic heterocycles. The maximum absolute atomic E-state index is 13.5. The maximum atomic E-state index is 13.5. The molecule has 0 saturated carbocycles. The van der Waals surface area contributed by atoms with Crippen LogP contribution in [0.25, 0.3) is 33.7 Å². The van der Waals surface area contributed by atoms with E-state index in [-0.39, 0.29) is 11.8 Å². The van der Waals surface area contributed by atoms with Crippen molar-refractivity contribution in [1.29, 1.82) is 0 Å². The maximum Gasteiger partial charge on any atom is 0.321 e. The molecule has 0 atom stereocenters. The molecule has 1 N–H and O–H groups in total. The van der Waals surface area contributed by atoms with Gasteiger partial charge in [-0.25, -0.2) is 24.1 Å². The van der Waals surface area contributed by atoms with E-state index in [1.54, 1.807) is 12.1 Å². The highest BCUT2D eigenvalue weighted by Gasteiger charge is 2.25. The van der Waals surface area contributed by atoms with E-state index < -0.39 is 0 Å². The number of carbonyl (C=O) groups excluding carboxylic acids is 1. The van der Waals surface area contributed by atoms with Gasteiger partial charge in [0.15, 0.2) is 11.6 Å². The van der Waals surface area contributed by atoms with Crippen molar-refractivity contribution in [3.8, 4) is 22.6 Å². The van der Waals surface area contributed by atoms with Crippen molar-refractivity contribution in [2.45, 2.75) is 6.92 Å². The highest BCUT2D eigenvalue weighted by Crippen LogP contribution is 2.30. The van der Waals surface area contributed by atoms with Gasteiger partial charge in [0.25, 0.3) is 0 Å². The first-order chi connectivity index (χ1) is 19.0. The Labute approximate surface area is 226 Å². The number of hydrogen-bond acceptors (Lipinski definition) is 5. The van der Waals surface area contributed by atoms with E-state index in [4.69, 9.17) is 15.0 Å². The van der Waals surface area contributed by atoms with Gasteiger partial charge < -0.3 is 15.1 Å². The van der Waals surface area contributed by atoms with E-state index >= 15 is 0 Å². The molecule has 0 unspecified atom stereocenters. The average Bonchev–Trinajstić information content (AvgIpc) is 2.97. The number of urea groups is 1. The Bertz CT molecular complexity index is 1630. The minimum Gasteiger partial charge on any atom is -0.351 e. The molecule has 8 heteroatoms. The number of anilines is 2. The Kier molecular flexibility index (Phi) is 6.59. The van der Waals surface area contributed by atoms with Gasteiger partial charge in [-0.3, -0.25) is 0 Å². The van der Waals surface area contributed by atoms with Crippen molar-refractivity contribution in [1.82, 2.24) is 19.9 Å². The number of hydrogen-bond donors (Lipinski definition) is 1. The van der Waals surface area contributed by atoms with Gasteiger partial charge >= 0.3 is 6.03 Å². The minimum atomic E-state index is -0.291. The number of pyridine rings is 1. The molecular formula is C31H27FN6O. The van der Waals surface area contributed by atoms with Gasteiger partial charge in [-0.15, -0.1) is 0 Å². The van der Waals surface area contributed by atoms with Crippen molar-refractivity contribution in [3.05, 3.63) is 102 Å². The second-order valence-corrected chi connectivity index (χ2v) is 9.58. The number of carbonyl (C=O) groups is 1. The van der Waals surface area contributed by atoms with E-state index in [0.717, 1.165) is 39.4 Å². The van der Waals surface area contributed by atoms with Gasteiger partial charge in [0, 0.05) is 43.0 Å². The summed E-state index contributed by atoms with van der Waals surface area (Å²) in [5.41, 5.74) is 5.73. The average molecular weight is 519 g/mol. The molecule has 194 valence electrons. The fraction of sp³-hybridized carbons (Fsp3) is 0.161. The first-order valence-electron chi connectivity index (χ1n) is 12.9. The molecule has 39 heavy (non-hydrogen) atoms. The van der Waals surface area contributed by atoms with E-state index in [2.05, 4.69) is 10.2 Å². The Hall–Kier alpha value is -4.85. The van der Waals surface area contributed by atoms with Crippen LogP contribution in [0.2, 0.25) is 0 Å². The van der Waals surface area contributed by atoms with Gasteiger partial charge in [-0.05, 0) is 61.0 Å². The summed E-state index contributed by atoms with van der Waals surface area (Å²) in [4.78, 5) is 31.6. The SMILES string of the molecule is Cc1cccc(NC(=O)N2CCN(c3nc(-c4ccccc4)nc4ccc(-c5ccc(F)cc5)nc34)CC2)c1. The summed E-state index contributed by atoms with van der Waals surface area (Å²) >= 11 is 0. The molecule has 2 aromatic heterocycles. The smallest absolute Gasteiger partial charge is 0.321 e. The largest absolute Gasteiger partial charge is 0.351 e. The van der Waals surface area contributed by atoms with E-state index in [1.807, 2.05) is 78.6 Å². The zero-order valence-electron chi connectivity index (χ0n) is 21.5. The van der Waals surface area contributed by atoms with Crippen LogP contribution in [-0.4, -0.2) is 52.1 Å². The van der Waals surface area contributed by atoms with E-state index in [0.29, 0.717) is 37.5 Å². The Balaban J connectivity index is 1.31. The molecule has 5 aromatic rings. The van der Waals surface area contributed by atoms with Crippen LogP contribution >= 0.6 is 0 Å². The molecule has 6 rings (SSSR count). The van der Waals surface area contributed by atoms with Crippen LogP contribution in [0, 0.1) is 12.7 Å². The monoisotopic (exact) mass is 518 g/mol. The van der Waals surface area contributed by atoms with Crippen LogP contribution in [0.1, 0.15) is 5.56 Å². The third kappa shape index (κ3) is 5.27. The van der Waals surface area contributed by atoms with Gasteiger partial charge in [-0.2, -0.15) is 0 Å². The minimum absolute atomic E-state index is 0.116. The van der Waals surface area contributed by atoms with Crippen molar-refractivity contribution in [3.63, 3.8) is 0 Å². The molecule has 3 heterocycles. The lowest BCUT2D eigenvalue weighted by Crippen LogP contribution is -2.50. The number of aromatic nitrogens is 3. The molecule has 2 amide bonds. The standard InChI is InChI=1S/C31H27FN6O/c1-21-6-5-9-25(20-21)33-31(39)38-18-16-37(17-19-38)30-28-27(35-29(36-30)23-7-3-2-4-8-23)15-14-26(34-28)22-10-12-24(32)13-11-22/h2-15,20H,16-19H2,1H3,(H,33,39). The molecule has 1 aliphatic rings. The lowest BCUT2D eigenvalue weighted by Gasteiger charge is -2.35. The zero-order chi connectivity index (χ0) is 26.8. The first-order valence-corrected chi connectivity index (χ1v) is 12.9. The summed E-state index contributed by atoms with van der Waals surface area (Å²) in [5, 5.41) is 3.00. The summed E-state index contributed by atoms with van der Waals surface area (Å²) in [6.07, 6.45) is 0. The summed E-state index contributed by atoms with van der Waals surface area (Å²) in [6.45, 7) is 4.29. The Morgan fingerprint density at radius 3 is 2.31 bits per heavy atom. The molecule has 3 aromatic carbocycles. The van der Waals surface area contributed by atoms with E-state index in [1.165, 1.54) is 12.1 Å². The number of nitrogens with one attached hydrogen (secondary N) is 1. The predicted octanol–water partition coefficient (Wildman–Crippen LogP) is 6.16. The van der Waals surface area contributed by atoms with Crippen molar-refractivity contribution in [2.75, 3.05) is 36.4 Å². The summed E-state index contributed by atoms with van der Waals surface area (Å²) in [5.74, 6) is 1.05. The molecule has 1 fully saturated rings. The topological polar surface area (TPSA) is 74.2 Å². The molecular weight excluding hydrogens is 491 g/mol. The van der Waals surface area contributed by atoms with Crippen LogP contribution in [0.15, 0.2) is 91.0 Å². The lowest BCUT2D eigenvalue weighted by atomic mass is 10.1. The molecule has 0 aliphatic carbocycles. The fourth-order valence-electron chi connectivity index (χ4n) is 4.76. The predicted molar refractivity (Wildman–Crippen MR) is 152 cm³/mol. The van der Waals surface area contributed by atoms with Crippen molar-refractivity contribution < 1.29 is 9.18 Å². The molecule has 7 nitrogen and oxygen atoms in total. The van der Waals surface area contributed by atoms with Crippen LogP contribution in [0.5, 0.6) is 0 Å². The van der Waals surface area contributed by atoms with Crippen molar-refractivity contribution >= 4 is 28.6 Å². The zero-order valence-corrected chi connectivity index (χ0v) is 21.5.